The molecule has 1 fully saturated rings. The highest BCUT2D eigenvalue weighted by molar-refractivity contribution is 6.31. The van der Waals surface area contributed by atoms with Crippen molar-refractivity contribution in [2.24, 2.45) is 7.05 Å². The number of hydrogen-bond acceptors (Lipinski definition) is 4. The first-order valence-electron chi connectivity index (χ1n) is 8.46. The van der Waals surface area contributed by atoms with Gasteiger partial charge >= 0.3 is 0 Å². The second-order valence-corrected chi connectivity index (χ2v) is 6.84. The number of benzene rings is 1. The number of piperazine rings is 1. The quantitative estimate of drug-likeness (QED) is 0.877. The van der Waals surface area contributed by atoms with Gasteiger partial charge in [-0.25, -0.2) is 0 Å². The molecule has 0 radical (unpaired) electrons. The average molecular weight is 362 g/mol. The topological polar surface area (TPSA) is 62.2 Å². The van der Waals surface area contributed by atoms with E-state index in [0.29, 0.717) is 6.54 Å². The van der Waals surface area contributed by atoms with E-state index in [1.165, 1.54) is 0 Å². The first-order valence-corrected chi connectivity index (χ1v) is 8.84. The third-order valence-electron chi connectivity index (χ3n) is 4.74. The fourth-order valence-corrected chi connectivity index (χ4v) is 3.57. The SMILES string of the molecule is Cc1nn(C)c(C)c1NC(=O)CN1CCNCC1c1ccccc1Cl. The average Bonchev–Trinajstić information content (AvgIpc) is 2.82. The molecule has 25 heavy (non-hydrogen) atoms. The van der Waals surface area contributed by atoms with Gasteiger partial charge in [0.2, 0.25) is 5.91 Å². The van der Waals surface area contributed by atoms with Crippen molar-refractivity contribution in [3.8, 4) is 0 Å². The second kappa shape index (κ2) is 7.56. The molecule has 2 aromatic rings. The molecule has 1 unspecified atom stereocenters. The van der Waals surface area contributed by atoms with Gasteiger partial charge in [0, 0.05) is 37.7 Å². The van der Waals surface area contributed by atoms with Crippen LogP contribution < -0.4 is 10.6 Å². The number of carbonyl (C=O) groups excluding carboxylic acids is 1. The zero-order valence-electron chi connectivity index (χ0n) is 14.8. The molecule has 2 heterocycles. The Morgan fingerprint density at radius 2 is 2.16 bits per heavy atom. The minimum absolute atomic E-state index is 0.0295. The van der Waals surface area contributed by atoms with Crippen LogP contribution in [0.4, 0.5) is 5.69 Å². The summed E-state index contributed by atoms with van der Waals surface area (Å²) in [5.41, 5.74) is 3.64. The summed E-state index contributed by atoms with van der Waals surface area (Å²) in [6.07, 6.45) is 0. The van der Waals surface area contributed by atoms with Crippen LogP contribution in [0.5, 0.6) is 0 Å². The van der Waals surface area contributed by atoms with Crippen LogP contribution in [0.25, 0.3) is 0 Å². The lowest BCUT2D eigenvalue weighted by Crippen LogP contribution is -2.48. The molecule has 0 aliphatic carbocycles. The van der Waals surface area contributed by atoms with Crippen molar-refractivity contribution in [3.63, 3.8) is 0 Å². The molecule has 0 spiro atoms. The Bertz CT molecular complexity index is 773. The highest BCUT2D eigenvalue weighted by Gasteiger charge is 2.27. The van der Waals surface area contributed by atoms with Gasteiger partial charge in [0.25, 0.3) is 0 Å². The molecular formula is C18H24ClN5O. The molecule has 1 amide bonds. The number of amides is 1. The van der Waals surface area contributed by atoms with E-state index in [2.05, 4.69) is 20.6 Å². The van der Waals surface area contributed by atoms with Gasteiger partial charge in [-0.3, -0.25) is 14.4 Å². The number of carbonyl (C=O) groups is 1. The number of nitrogens with zero attached hydrogens (tertiary/aromatic N) is 3. The molecule has 0 saturated carbocycles. The highest BCUT2D eigenvalue weighted by atomic mass is 35.5. The molecule has 134 valence electrons. The maximum Gasteiger partial charge on any atom is 0.238 e. The van der Waals surface area contributed by atoms with E-state index in [4.69, 9.17) is 11.6 Å². The maximum atomic E-state index is 12.6. The zero-order chi connectivity index (χ0) is 18.0. The molecule has 1 aromatic heterocycles. The largest absolute Gasteiger partial charge is 0.322 e. The Morgan fingerprint density at radius 3 is 2.84 bits per heavy atom. The van der Waals surface area contributed by atoms with Gasteiger partial charge in [-0.05, 0) is 25.5 Å². The predicted octanol–water partition coefficient (Wildman–Crippen LogP) is 2.28. The van der Waals surface area contributed by atoms with E-state index >= 15 is 0 Å². The molecular weight excluding hydrogens is 338 g/mol. The van der Waals surface area contributed by atoms with Gasteiger partial charge in [-0.2, -0.15) is 5.10 Å². The van der Waals surface area contributed by atoms with E-state index in [1.54, 1.807) is 4.68 Å². The first kappa shape index (κ1) is 17.9. The van der Waals surface area contributed by atoms with Crippen molar-refractivity contribution in [2.75, 3.05) is 31.5 Å². The Balaban J connectivity index is 1.73. The van der Waals surface area contributed by atoms with Crippen molar-refractivity contribution >= 4 is 23.2 Å². The number of nitrogens with one attached hydrogen (secondary N) is 2. The zero-order valence-corrected chi connectivity index (χ0v) is 15.6. The summed E-state index contributed by atoms with van der Waals surface area (Å²) in [6.45, 7) is 6.62. The number of aryl methyl sites for hydroxylation is 2. The lowest BCUT2D eigenvalue weighted by molar-refractivity contribution is -0.118. The number of anilines is 1. The van der Waals surface area contributed by atoms with Gasteiger partial charge in [0.05, 0.1) is 23.6 Å². The minimum atomic E-state index is -0.0295. The van der Waals surface area contributed by atoms with Crippen LogP contribution in [0.2, 0.25) is 5.02 Å². The van der Waals surface area contributed by atoms with Crippen LogP contribution in [0.15, 0.2) is 24.3 Å². The van der Waals surface area contributed by atoms with Crippen LogP contribution >= 0.6 is 11.6 Å². The number of hydrogen-bond donors (Lipinski definition) is 2. The monoisotopic (exact) mass is 361 g/mol. The molecule has 1 saturated heterocycles. The van der Waals surface area contributed by atoms with Crippen molar-refractivity contribution < 1.29 is 4.79 Å². The van der Waals surface area contributed by atoms with E-state index in [9.17, 15) is 4.79 Å². The molecule has 7 heteroatoms. The van der Waals surface area contributed by atoms with Crippen LogP contribution in [0.1, 0.15) is 23.0 Å². The van der Waals surface area contributed by atoms with Gasteiger partial charge in [-0.1, -0.05) is 29.8 Å². The fourth-order valence-electron chi connectivity index (χ4n) is 3.31. The third-order valence-corrected chi connectivity index (χ3v) is 5.08. The molecule has 2 N–H and O–H groups in total. The van der Waals surface area contributed by atoms with E-state index in [0.717, 1.165) is 47.3 Å². The number of rotatable bonds is 4. The normalized spacial score (nSPS) is 18.3. The molecule has 0 bridgehead atoms. The second-order valence-electron chi connectivity index (χ2n) is 6.43. The Morgan fingerprint density at radius 1 is 1.40 bits per heavy atom. The van der Waals surface area contributed by atoms with Crippen molar-refractivity contribution in [1.29, 1.82) is 0 Å². The van der Waals surface area contributed by atoms with E-state index in [1.807, 2.05) is 45.2 Å². The Labute approximate surface area is 153 Å². The number of aromatic nitrogens is 2. The number of halogens is 1. The standard InChI is InChI=1S/C18H24ClN5O/c1-12-18(13(2)23(3)22-12)21-17(25)11-24-9-8-20-10-16(24)14-6-4-5-7-15(14)19/h4-7,16,20H,8-11H2,1-3H3,(H,21,25). The molecule has 1 aromatic carbocycles. The van der Waals surface area contributed by atoms with E-state index in [-0.39, 0.29) is 11.9 Å². The van der Waals surface area contributed by atoms with Crippen LogP contribution in [0, 0.1) is 13.8 Å². The fraction of sp³-hybridized carbons (Fsp3) is 0.444. The third kappa shape index (κ3) is 3.86. The van der Waals surface area contributed by atoms with Crippen LogP contribution in [-0.4, -0.2) is 46.8 Å². The maximum absolute atomic E-state index is 12.6. The molecule has 1 aliphatic rings. The van der Waals surface area contributed by atoms with Crippen LogP contribution in [0.3, 0.4) is 0 Å². The highest BCUT2D eigenvalue weighted by Crippen LogP contribution is 2.28. The summed E-state index contributed by atoms with van der Waals surface area (Å²) >= 11 is 6.37. The van der Waals surface area contributed by atoms with Gasteiger partial charge < -0.3 is 10.6 Å². The molecule has 1 aliphatic heterocycles. The summed E-state index contributed by atoms with van der Waals surface area (Å²) in [7, 11) is 1.88. The molecule has 1 atom stereocenters. The van der Waals surface area contributed by atoms with Crippen LogP contribution in [-0.2, 0) is 11.8 Å². The lowest BCUT2D eigenvalue weighted by Gasteiger charge is -2.36. The minimum Gasteiger partial charge on any atom is -0.322 e. The molecule has 6 nitrogen and oxygen atoms in total. The smallest absolute Gasteiger partial charge is 0.238 e. The van der Waals surface area contributed by atoms with Gasteiger partial charge in [-0.15, -0.1) is 0 Å². The van der Waals surface area contributed by atoms with Gasteiger partial charge in [0.1, 0.15) is 0 Å². The van der Waals surface area contributed by atoms with Crippen molar-refractivity contribution in [1.82, 2.24) is 20.0 Å². The summed E-state index contributed by atoms with van der Waals surface area (Å²) in [5.74, 6) is -0.0295. The van der Waals surface area contributed by atoms with Crippen molar-refractivity contribution in [2.45, 2.75) is 19.9 Å². The first-order chi connectivity index (χ1) is 12.0. The van der Waals surface area contributed by atoms with E-state index < -0.39 is 0 Å². The summed E-state index contributed by atoms with van der Waals surface area (Å²) in [4.78, 5) is 14.8. The van der Waals surface area contributed by atoms with Crippen molar-refractivity contribution in [3.05, 3.63) is 46.2 Å². The summed E-state index contributed by atoms with van der Waals surface area (Å²) in [6, 6.07) is 7.92. The predicted molar refractivity (Wildman–Crippen MR) is 99.9 cm³/mol. The Kier molecular flexibility index (Phi) is 5.42. The lowest BCUT2D eigenvalue weighted by atomic mass is 10.0. The Hall–Kier alpha value is -1.89. The summed E-state index contributed by atoms with van der Waals surface area (Å²) < 4.78 is 1.78. The van der Waals surface area contributed by atoms with Gasteiger partial charge in [0.15, 0.2) is 0 Å². The molecule has 3 rings (SSSR count). The summed E-state index contributed by atoms with van der Waals surface area (Å²) in [5, 5.41) is 11.5.